The van der Waals surface area contributed by atoms with Crippen molar-refractivity contribution in [3.63, 3.8) is 0 Å². The Labute approximate surface area is 146 Å². The van der Waals surface area contributed by atoms with Gasteiger partial charge in [-0.25, -0.2) is 17.9 Å². The summed E-state index contributed by atoms with van der Waals surface area (Å²) in [6.45, 7) is 2.93. The zero-order chi connectivity index (χ0) is 17.4. The fraction of sp³-hybridized carbons (Fsp3) is 0.353. The van der Waals surface area contributed by atoms with Gasteiger partial charge in [0.05, 0.1) is 5.69 Å². The van der Waals surface area contributed by atoms with Gasteiger partial charge in [-0.15, -0.1) is 0 Å². The van der Waals surface area contributed by atoms with Crippen molar-refractivity contribution < 1.29 is 8.42 Å². The third kappa shape index (κ3) is 2.91. The predicted octanol–water partition coefficient (Wildman–Crippen LogP) is 2.00. The molecule has 0 unspecified atom stereocenters. The number of pyridine rings is 1. The maximum Gasteiger partial charge on any atom is 0.244 e. The van der Waals surface area contributed by atoms with E-state index in [1.165, 1.54) is 6.20 Å². The molecule has 130 valence electrons. The Hall–Kier alpha value is -2.32. The molecule has 0 aliphatic carbocycles. The number of hydrogen-bond donors (Lipinski definition) is 0. The lowest BCUT2D eigenvalue weighted by Crippen LogP contribution is -2.38. The Morgan fingerprint density at radius 3 is 2.68 bits per heavy atom. The Morgan fingerprint density at radius 2 is 1.96 bits per heavy atom. The smallest absolute Gasteiger partial charge is 0.244 e. The minimum Gasteiger partial charge on any atom is -0.263 e. The third-order valence-corrected chi connectivity index (χ3v) is 6.54. The van der Waals surface area contributed by atoms with E-state index in [0.29, 0.717) is 13.1 Å². The molecule has 0 N–H and O–H groups in total. The summed E-state index contributed by atoms with van der Waals surface area (Å²) in [7, 11) is -3.47. The average molecular weight is 357 g/mol. The SMILES string of the molecule is Cc1cc2nccc(C3CCN(S(=O)(=O)c4cccnc4)CC3)n2n1. The van der Waals surface area contributed by atoms with Crippen LogP contribution in [0.1, 0.15) is 30.1 Å². The summed E-state index contributed by atoms with van der Waals surface area (Å²) in [4.78, 5) is 8.51. The molecule has 1 fully saturated rings. The first-order chi connectivity index (χ1) is 12.1. The molecule has 0 radical (unpaired) electrons. The summed E-state index contributed by atoms with van der Waals surface area (Å²) in [6, 6.07) is 7.17. The summed E-state index contributed by atoms with van der Waals surface area (Å²) >= 11 is 0. The molecule has 25 heavy (non-hydrogen) atoms. The lowest BCUT2D eigenvalue weighted by atomic mass is 9.94. The fourth-order valence-electron chi connectivity index (χ4n) is 3.38. The van der Waals surface area contributed by atoms with Crippen LogP contribution in [0.3, 0.4) is 0 Å². The summed E-state index contributed by atoms with van der Waals surface area (Å²) in [5.41, 5.74) is 2.86. The van der Waals surface area contributed by atoms with E-state index >= 15 is 0 Å². The lowest BCUT2D eigenvalue weighted by Gasteiger charge is -2.31. The van der Waals surface area contributed by atoms with E-state index in [0.717, 1.165) is 29.9 Å². The molecular weight excluding hydrogens is 338 g/mol. The molecule has 0 spiro atoms. The number of aromatic nitrogens is 4. The third-order valence-electron chi connectivity index (χ3n) is 4.65. The molecule has 3 aromatic rings. The second kappa shape index (κ2) is 6.20. The molecule has 7 nitrogen and oxygen atoms in total. The van der Waals surface area contributed by atoms with Gasteiger partial charge in [0.25, 0.3) is 0 Å². The zero-order valence-corrected chi connectivity index (χ0v) is 14.7. The van der Waals surface area contributed by atoms with E-state index in [9.17, 15) is 8.42 Å². The molecule has 1 aliphatic heterocycles. The highest BCUT2D eigenvalue weighted by Gasteiger charge is 2.31. The summed E-state index contributed by atoms with van der Waals surface area (Å²) in [5, 5.41) is 4.52. The highest BCUT2D eigenvalue weighted by Crippen LogP contribution is 2.30. The van der Waals surface area contributed by atoms with Gasteiger partial charge in [0.1, 0.15) is 4.90 Å². The molecule has 3 aromatic heterocycles. The Kier molecular flexibility index (Phi) is 4.01. The number of hydrogen-bond acceptors (Lipinski definition) is 5. The molecule has 4 rings (SSSR count). The monoisotopic (exact) mass is 357 g/mol. The van der Waals surface area contributed by atoms with Gasteiger partial charge in [0.2, 0.25) is 10.0 Å². The second-order valence-corrected chi connectivity index (χ2v) is 8.23. The van der Waals surface area contributed by atoms with Crippen LogP contribution in [-0.4, -0.2) is 45.4 Å². The van der Waals surface area contributed by atoms with Crippen LogP contribution in [-0.2, 0) is 10.0 Å². The molecule has 0 amide bonds. The zero-order valence-electron chi connectivity index (χ0n) is 13.9. The van der Waals surface area contributed by atoms with Crippen molar-refractivity contribution in [2.24, 2.45) is 0 Å². The van der Waals surface area contributed by atoms with E-state index in [2.05, 4.69) is 15.1 Å². The maximum atomic E-state index is 12.7. The van der Waals surface area contributed by atoms with Crippen LogP contribution < -0.4 is 0 Å². The van der Waals surface area contributed by atoms with Gasteiger partial charge in [-0.1, -0.05) is 0 Å². The van der Waals surface area contributed by atoms with Crippen LogP contribution in [0.15, 0.2) is 47.8 Å². The van der Waals surface area contributed by atoms with E-state index in [-0.39, 0.29) is 10.8 Å². The summed E-state index contributed by atoms with van der Waals surface area (Å²) < 4.78 is 28.8. The number of aryl methyl sites for hydroxylation is 1. The first-order valence-corrected chi connectivity index (χ1v) is 9.71. The van der Waals surface area contributed by atoms with Crippen molar-refractivity contribution in [1.29, 1.82) is 0 Å². The van der Waals surface area contributed by atoms with E-state index in [1.807, 2.05) is 23.6 Å². The quantitative estimate of drug-likeness (QED) is 0.716. The second-order valence-electron chi connectivity index (χ2n) is 6.29. The molecule has 1 aliphatic rings. The molecular formula is C17H19N5O2S. The van der Waals surface area contributed by atoms with Crippen molar-refractivity contribution in [3.05, 3.63) is 54.2 Å². The van der Waals surface area contributed by atoms with Crippen molar-refractivity contribution in [2.75, 3.05) is 13.1 Å². The first-order valence-electron chi connectivity index (χ1n) is 8.27. The normalized spacial score (nSPS) is 17.2. The van der Waals surface area contributed by atoms with Crippen LogP contribution in [0.5, 0.6) is 0 Å². The first kappa shape index (κ1) is 16.2. The molecule has 0 saturated carbocycles. The number of nitrogens with zero attached hydrogens (tertiary/aromatic N) is 5. The van der Waals surface area contributed by atoms with Gasteiger partial charge >= 0.3 is 0 Å². The highest BCUT2D eigenvalue weighted by atomic mass is 32.2. The van der Waals surface area contributed by atoms with Gasteiger partial charge in [0, 0.05) is 49.4 Å². The molecule has 0 bridgehead atoms. The Morgan fingerprint density at radius 1 is 1.16 bits per heavy atom. The van der Waals surface area contributed by atoms with Crippen LogP contribution in [0, 0.1) is 6.92 Å². The molecule has 0 atom stereocenters. The van der Waals surface area contributed by atoms with Crippen molar-refractivity contribution >= 4 is 15.7 Å². The number of sulfonamides is 1. The Bertz CT molecular complexity index is 992. The fourth-order valence-corrected chi connectivity index (χ4v) is 4.81. The van der Waals surface area contributed by atoms with Crippen LogP contribution in [0.4, 0.5) is 0 Å². The average Bonchev–Trinajstić information content (AvgIpc) is 3.02. The highest BCUT2D eigenvalue weighted by molar-refractivity contribution is 7.89. The number of rotatable bonds is 3. The van der Waals surface area contributed by atoms with Crippen LogP contribution >= 0.6 is 0 Å². The van der Waals surface area contributed by atoms with Crippen molar-refractivity contribution in [2.45, 2.75) is 30.6 Å². The van der Waals surface area contributed by atoms with Crippen LogP contribution in [0.2, 0.25) is 0 Å². The van der Waals surface area contributed by atoms with E-state index < -0.39 is 10.0 Å². The molecule has 1 saturated heterocycles. The molecule has 4 heterocycles. The van der Waals surface area contributed by atoms with Crippen molar-refractivity contribution in [3.8, 4) is 0 Å². The van der Waals surface area contributed by atoms with Gasteiger partial charge in [-0.05, 0) is 38.0 Å². The largest absolute Gasteiger partial charge is 0.263 e. The van der Waals surface area contributed by atoms with E-state index in [4.69, 9.17) is 0 Å². The van der Waals surface area contributed by atoms with E-state index in [1.54, 1.807) is 28.8 Å². The molecule has 8 heteroatoms. The maximum absolute atomic E-state index is 12.7. The van der Waals surface area contributed by atoms with Gasteiger partial charge in [0.15, 0.2) is 5.65 Å². The molecule has 0 aromatic carbocycles. The summed E-state index contributed by atoms with van der Waals surface area (Å²) in [5.74, 6) is 0.269. The predicted molar refractivity (Wildman–Crippen MR) is 92.7 cm³/mol. The minimum atomic E-state index is -3.47. The number of fused-ring (bicyclic) bond motifs is 1. The van der Waals surface area contributed by atoms with Crippen LogP contribution in [0.25, 0.3) is 5.65 Å². The van der Waals surface area contributed by atoms with Gasteiger partial charge in [-0.2, -0.15) is 9.40 Å². The topological polar surface area (TPSA) is 80.5 Å². The Balaban J connectivity index is 1.55. The lowest BCUT2D eigenvalue weighted by molar-refractivity contribution is 0.314. The minimum absolute atomic E-state index is 0.252. The number of piperidine rings is 1. The van der Waals surface area contributed by atoms with Gasteiger partial charge in [-0.3, -0.25) is 4.98 Å². The standard InChI is InChI=1S/C17H19N5O2S/c1-13-11-17-19-8-4-16(22(17)20-13)14-5-9-21(10-6-14)25(23,24)15-3-2-7-18-12-15/h2-4,7-8,11-12,14H,5-6,9-10H2,1H3. The van der Waals surface area contributed by atoms with Crippen molar-refractivity contribution in [1.82, 2.24) is 23.9 Å². The van der Waals surface area contributed by atoms with Gasteiger partial charge < -0.3 is 0 Å². The summed E-state index contributed by atoms with van der Waals surface area (Å²) in [6.07, 6.45) is 6.30.